The van der Waals surface area contributed by atoms with Crippen molar-refractivity contribution < 1.29 is 4.79 Å². The molecule has 1 fully saturated rings. The normalized spacial score (nSPS) is 20.4. The number of halogens is 1. The van der Waals surface area contributed by atoms with Crippen LogP contribution in [-0.4, -0.2) is 24.0 Å². The summed E-state index contributed by atoms with van der Waals surface area (Å²) in [4.78, 5) is 16.2. The quantitative estimate of drug-likeness (QED) is 0.840. The van der Waals surface area contributed by atoms with Crippen molar-refractivity contribution in [1.82, 2.24) is 10.3 Å². The van der Waals surface area contributed by atoms with E-state index >= 15 is 0 Å². The Labute approximate surface area is 125 Å². The van der Waals surface area contributed by atoms with Gasteiger partial charge >= 0.3 is 0 Å². The van der Waals surface area contributed by atoms with E-state index in [4.69, 9.17) is 11.6 Å². The van der Waals surface area contributed by atoms with Crippen LogP contribution >= 0.6 is 11.6 Å². The number of anilines is 1. The number of carbonyl (C=O) groups excluding carboxylic acids is 1. The number of amides is 1. The van der Waals surface area contributed by atoms with E-state index in [1.807, 2.05) is 13.0 Å². The first-order valence-corrected chi connectivity index (χ1v) is 7.56. The second-order valence-corrected chi connectivity index (χ2v) is 6.05. The Morgan fingerprint density at radius 3 is 3.15 bits per heavy atom. The van der Waals surface area contributed by atoms with Gasteiger partial charge in [-0.1, -0.05) is 18.5 Å². The predicted molar refractivity (Wildman–Crippen MR) is 82.0 cm³/mol. The van der Waals surface area contributed by atoms with Crippen molar-refractivity contribution in [2.45, 2.75) is 33.1 Å². The summed E-state index contributed by atoms with van der Waals surface area (Å²) in [6.07, 6.45) is 4.61. The number of aromatic nitrogens is 1. The van der Waals surface area contributed by atoms with Gasteiger partial charge in [-0.15, -0.1) is 0 Å². The topological polar surface area (TPSA) is 54.0 Å². The lowest BCUT2D eigenvalue weighted by Gasteiger charge is -2.28. The minimum absolute atomic E-state index is 0.0115. The van der Waals surface area contributed by atoms with Gasteiger partial charge in [0.2, 0.25) is 5.91 Å². The number of rotatable bonds is 4. The Balaban J connectivity index is 1.89. The zero-order chi connectivity index (χ0) is 14.5. The molecule has 20 heavy (non-hydrogen) atoms. The third kappa shape index (κ3) is 4.18. The van der Waals surface area contributed by atoms with Crippen LogP contribution in [0.1, 0.15) is 31.7 Å². The molecule has 1 aromatic rings. The highest BCUT2D eigenvalue weighted by molar-refractivity contribution is 6.32. The fourth-order valence-corrected chi connectivity index (χ4v) is 2.82. The van der Waals surface area contributed by atoms with E-state index in [0.29, 0.717) is 29.1 Å². The van der Waals surface area contributed by atoms with Crippen molar-refractivity contribution in [2.24, 2.45) is 11.8 Å². The van der Waals surface area contributed by atoms with Crippen LogP contribution in [-0.2, 0) is 4.79 Å². The van der Waals surface area contributed by atoms with E-state index < -0.39 is 0 Å². The second kappa shape index (κ2) is 7.04. The van der Waals surface area contributed by atoms with E-state index in [1.54, 1.807) is 6.20 Å². The first-order valence-electron chi connectivity index (χ1n) is 7.19. The molecule has 2 heterocycles. The van der Waals surface area contributed by atoms with Gasteiger partial charge < -0.3 is 10.6 Å². The van der Waals surface area contributed by atoms with Gasteiger partial charge in [0, 0.05) is 12.6 Å². The third-order valence-corrected chi connectivity index (χ3v) is 4.20. The smallest absolute Gasteiger partial charge is 0.224 e. The summed E-state index contributed by atoms with van der Waals surface area (Å²) in [5, 5.41) is 6.60. The number of piperidine rings is 1. The van der Waals surface area contributed by atoms with Crippen LogP contribution in [0.5, 0.6) is 0 Å². The highest BCUT2D eigenvalue weighted by atomic mass is 35.5. The Morgan fingerprint density at radius 2 is 2.45 bits per heavy atom. The van der Waals surface area contributed by atoms with Gasteiger partial charge in [-0.3, -0.25) is 4.79 Å². The summed E-state index contributed by atoms with van der Waals surface area (Å²) in [5.74, 6) is 0.970. The minimum atomic E-state index is 0.0115. The van der Waals surface area contributed by atoms with Gasteiger partial charge in [0.05, 0.1) is 5.69 Å². The number of hydrogen-bond acceptors (Lipinski definition) is 3. The first-order chi connectivity index (χ1) is 9.56. The van der Waals surface area contributed by atoms with Crippen LogP contribution in [0.25, 0.3) is 0 Å². The molecule has 1 aliphatic heterocycles. The Morgan fingerprint density at radius 1 is 1.65 bits per heavy atom. The third-order valence-electron chi connectivity index (χ3n) is 3.90. The number of aryl methyl sites for hydroxylation is 1. The van der Waals surface area contributed by atoms with Gasteiger partial charge in [-0.2, -0.15) is 0 Å². The minimum Gasteiger partial charge on any atom is -0.323 e. The molecule has 0 saturated carbocycles. The summed E-state index contributed by atoms with van der Waals surface area (Å²) in [7, 11) is 0. The molecule has 1 aromatic heterocycles. The van der Waals surface area contributed by atoms with Gasteiger partial charge in [0.25, 0.3) is 0 Å². The Hall–Kier alpha value is -1.13. The van der Waals surface area contributed by atoms with E-state index in [-0.39, 0.29) is 5.91 Å². The van der Waals surface area contributed by atoms with Crippen molar-refractivity contribution in [3.63, 3.8) is 0 Å². The standard InChI is InChI=1S/C15H22ClN3O/c1-10-6-13(15(16)18-8-10)19-14(20)7-11(2)12-4-3-5-17-9-12/h6,8,11-12,17H,3-5,7,9H2,1-2H3,(H,19,20). The molecule has 0 radical (unpaired) electrons. The monoisotopic (exact) mass is 295 g/mol. The average molecular weight is 296 g/mol. The molecule has 2 unspecified atom stereocenters. The van der Waals surface area contributed by atoms with E-state index in [1.165, 1.54) is 12.8 Å². The molecule has 2 rings (SSSR count). The average Bonchev–Trinajstić information content (AvgIpc) is 2.43. The highest BCUT2D eigenvalue weighted by Crippen LogP contribution is 2.24. The molecule has 1 aliphatic rings. The molecule has 0 aromatic carbocycles. The number of carbonyl (C=O) groups is 1. The molecule has 4 nitrogen and oxygen atoms in total. The van der Waals surface area contributed by atoms with Gasteiger partial charge in [0.15, 0.2) is 5.15 Å². The van der Waals surface area contributed by atoms with Gasteiger partial charge in [-0.05, 0) is 56.3 Å². The molecule has 110 valence electrons. The summed E-state index contributed by atoms with van der Waals surface area (Å²) in [6.45, 7) is 6.18. The van der Waals surface area contributed by atoms with Crippen LogP contribution in [0.4, 0.5) is 5.69 Å². The van der Waals surface area contributed by atoms with Crippen LogP contribution in [0.3, 0.4) is 0 Å². The number of hydrogen-bond donors (Lipinski definition) is 2. The maximum Gasteiger partial charge on any atom is 0.224 e. The fraction of sp³-hybridized carbons (Fsp3) is 0.600. The van der Waals surface area contributed by atoms with Crippen LogP contribution in [0, 0.1) is 18.8 Å². The molecule has 2 N–H and O–H groups in total. The van der Waals surface area contributed by atoms with E-state index in [0.717, 1.165) is 18.7 Å². The lowest BCUT2D eigenvalue weighted by Crippen LogP contribution is -2.34. The molecular formula is C15H22ClN3O. The maximum atomic E-state index is 12.1. The number of nitrogens with one attached hydrogen (secondary N) is 2. The molecule has 2 atom stereocenters. The molecule has 1 amide bonds. The summed E-state index contributed by atoms with van der Waals surface area (Å²) < 4.78 is 0. The van der Waals surface area contributed by atoms with E-state index in [9.17, 15) is 4.79 Å². The van der Waals surface area contributed by atoms with Crippen LogP contribution in [0.2, 0.25) is 5.15 Å². The summed E-state index contributed by atoms with van der Waals surface area (Å²) in [5.41, 5.74) is 1.58. The Kier molecular flexibility index (Phi) is 5.38. The number of pyridine rings is 1. The zero-order valence-corrected chi connectivity index (χ0v) is 12.8. The largest absolute Gasteiger partial charge is 0.323 e. The lowest BCUT2D eigenvalue weighted by atomic mass is 9.85. The molecular weight excluding hydrogens is 274 g/mol. The zero-order valence-electron chi connectivity index (χ0n) is 12.1. The summed E-state index contributed by atoms with van der Waals surface area (Å²) >= 11 is 5.99. The van der Waals surface area contributed by atoms with E-state index in [2.05, 4.69) is 22.5 Å². The van der Waals surface area contributed by atoms with Crippen LogP contribution < -0.4 is 10.6 Å². The fourth-order valence-electron chi connectivity index (χ4n) is 2.66. The molecule has 0 spiro atoms. The molecule has 0 aliphatic carbocycles. The SMILES string of the molecule is Cc1cnc(Cl)c(NC(=O)CC(C)C2CCCNC2)c1. The number of nitrogens with zero attached hydrogens (tertiary/aromatic N) is 1. The van der Waals surface area contributed by atoms with Gasteiger partial charge in [-0.25, -0.2) is 4.98 Å². The maximum absolute atomic E-state index is 12.1. The van der Waals surface area contributed by atoms with Crippen molar-refractivity contribution in [1.29, 1.82) is 0 Å². The van der Waals surface area contributed by atoms with Crippen molar-refractivity contribution >= 4 is 23.2 Å². The first kappa shape index (κ1) is 15.3. The van der Waals surface area contributed by atoms with Crippen molar-refractivity contribution in [2.75, 3.05) is 18.4 Å². The lowest BCUT2D eigenvalue weighted by molar-refractivity contribution is -0.117. The summed E-state index contributed by atoms with van der Waals surface area (Å²) in [6, 6.07) is 1.85. The highest BCUT2D eigenvalue weighted by Gasteiger charge is 2.22. The van der Waals surface area contributed by atoms with Crippen molar-refractivity contribution in [3.8, 4) is 0 Å². The molecule has 5 heteroatoms. The molecule has 1 saturated heterocycles. The van der Waals surface area contributed by atoms with Gasteiger partial charge in [0.1, 0.15) is 0 Å². The molecule has 0 bridgehead atoms. The second-order valence-electron chi connectivity index (χ2n) is 5.69. The van der Waals surface area contributed by atoms with Crippen molar-refractivity contribution in [3.05, 3.63) is 23.0 Å². The predicted octanol–water partition coefficient (Wildman–Crippen LogP) is 3.01. The Bertz CT molecular complexity index is 472. The van der Waals surface area contributed by atoms with Crippen LogP contribution in [0.15, 0.2) is 12.3 Å².